The van der Waals surface area contributed by atoms with Crippen molar-refractivity contribution in [2.45, 2.75) is 39.8 Å². The van der Waals surface area contributed by atoms with Crippen LogP contribution in [0.15, 0.2) is 84.6 Å². The fourth-order valence-electron chi connectivity index (χ4n) is 3.52. The average Bonchev–Trinajstić information content (AvgIpc) is 2.64. The fraction of sp³-hybridized carbons (Fsp3) is 0.280. The zero-order chi connectivity index (χ0) is 20.0. The number of rotatable bonds is 6. The molecule has 1 fully saturated rings. The van der Waals surface area contributed by atoms with Crippen LogP contribution in [0.5, 0.6) is 0 Å². The lowest BCUT2D eigenvalue weighted by Crippen LogP contribution is -2.31. The summed E-state index contributed by atoms with van der Waals surface area (Å²) in [6.45, 7) is 5.45. The van der Waals surface area contributed by atoms with Gasteiger partial charge in [-0.1, -0.05) is 74.5 Å². The van der Waals surface area contributed by atoms with Gasteiger partial charge in [0.2, 0.25) is 0 Å². The van der Waals surface area contributed by atoms with E-state index in [2.05, 4.69) is 29.2 Å². The highest BCUT2D eigenvalue weighted by Crippen LogP contribution is 2.33. The van der Waals surface area contributed by atoms with Crippen molar-refractivity contribution in [3.05, 3.63) is 95.7 Å². The Hall–Kier alpha value is -2.94. The monoisotopic (exact) mass is 373 g/mol. The maximum atomic E-state index is 12.3. The zero-order valence-electron chi connectivity index (χ0n) is 16.6. The van der Waals surface area contributed by atoms with Gasteiger partial charge >= 0.3 is 0 Å². The van der Waals surface area contributed by atoms with Gasteiger partial charge in [-0.2, -0.15) is 0 Å². The van der Waals surface area contributed by atoms with E-state index >= 15 is 0 Å². The second-order valence-electron chi connectivity index (χ2n) is 8.16. The van der Waals surface area contributed by atoms with Crippen LogP contribution < -0.4 is 0 Å². The van der Waals surface area contributed by atoms with Crippen molar-refractivity contribution in [1.82, 2.24) is 4.90 Å². The molecule has 1 aliphatic carbocycles. The van der Waals surface area contributed by atoms with Gasteiger partial charge in [-0.25, -0.2) is 0 Å². The van der Waals surface area contributed by atoms with Gasteiger partial charge in [0.25, 0.3) is 0 Å². The molecule has 144 valence electrons. The molecule has 0 saturated heterocycles. The van der Waals surface area contributed by atoms with Crippen LogP contribution in [0.25, 0.3) is 0 Å². The SMILES string of the molecule is CC1(C)CC(=O)C(=CC=CN(Cc2ccccc2)Cc2ccccc2)C(=O)C1. The molecule has 1 aliphatic rings. The molecule has 0 bridgehead atoms. The Morgan fingerprint density at radius 3 is 1.75 bits per heavy atom. The van der Waals surface area contributed by atoms with Gasteiger partial charge in [-0.3, -0.25) is 9.59 Å². The average molecular weight is 373 g/mol. The largest absolute Gasteiger partial charge is 0.369 e. The molecule has 0 aliphatic heterocycles. The van der Waals surface area contributed by atoms with Gasteiger partial charge in [0.05, 0.1) is 5.57 Å². The van der Waals surface area contributed by atoms with E-state index in [0.717, 1.165) is 13.1 Å². The lowest BCUT2D eigenvalue weighted by Gasteiger charge is -2.28. The van der Waals surface area contributed by atoms with Gasteiger partial charge in [0, 0.05) is 25.9 Å². The number of benzene rings is 2. The molecule has 0 heterocycles. The smallest absolute Gasteiger partial charge is 0.166 e. The molecular weight excluding hydrogens is 346 g/mol. The van der Waals surface area contributed by atoms with Crippen molar-refractivity contribution in [1.29, 1.82) is 0 Å². The molecule has 0 radical (unpaired) electrons. The molecule has 3 nitrogen and oxygen atoms in total. The topological polar surface area (TPSA) is 37.4 Å². The first-order chi connectivity index (χ1) is 13.4. The summed E-state index contributed by atoms with van der Waals surface area (Å²) in [4.78, 5) is 26.9. The maximum absolute atomic E-state index is 12.3. The number of allylic oxidation sites excluding steroid dienone is 3. The van der Waals surface area contributed by atoms with E-state index in [1.807, 2.05) is 62.5 Å². The molecule has 0 amide bonds. The normalized spacial score (nSPS) is 16.4. The van der Waals surface area contributed by atoms with Crippen LogP contribution in [0.4, 0.5) is 0 Å². The number of carbonyl (C=O) groups excluding carboxylic acids is 2. The quantitative estimate of drug-likeness (QED) is 0.523. The van der Waals surface area contributed by atoms with Gasteiger partial charge in [-0.15, -0.1) is 0 Å². The second kappa shape index (κ2) is 8.83. The lowest BCUT2D eigenvalue weighted by atomic mass is 9.74. The van der Waals surface area contributed by atoms with E-state index in [1.54, 1.807) is 6.08 Å². The number of nitrogens with zero attached hydrogens (tertiary/aromatic N) is 1. The summed E-state index contributed by atoms with van der Waals surface area (Å²) < 4.78 is 0. The summed E-state index contributed by atoms with van der Waals surface area (Å²) in [5.74, 6) is -0.105. The van der Waals surface area contributed by atoms with Crippen LogP contribution in [0.1, 0.15) is 37.8 Å². The van der Waals surface area contributed by atoms with Crippen LogP contribution >= 0.6 is 0 Å². The highest BCUT2D eigenvalue weighted by molar-refractivity contribution is 6.22. The molecule has 0 spiro atoms. The molecule has 1 saturated carbocycles. The van der Waals surface area contributed by atoms with Crippen molar-refractivity contribution >= 4 is 11.6 Å². The third-order valence-corrected chi connectivity index (χ3v) is 4.90. The predicted molar refractivity (Wildman–Crippen MR) is 112 cm³/mol. The molecule has 0 N–H and O–H groups in total. The minimum Gasteiger partial charge on any atom is -0.369 e. The highest BCUT2D eigenvalue weighted by Gasteiger charge is 2.35. The minimum atomic E-state index is -0.234. The fourth-order valence-corrected chi connectivity index (χ4v) is 3.52. The molecule has 2 aromatic rings. The predicted octanol–water partition coefficient (Wildman–Crippen LogP) is 5.09. The van der Waals surface area contributed by atoms with Gasteiger partial charge in [-0.05, 0) is 34.9 Å². The van der Waals surface area contributed by atoms with Crippen molar-refractivity contribution in [3.8, 4) is 0 Å². The molecule has 3 rings (SSSR count). The second-order valence-corrected chi connectivity index (χ2v) is 8.16. The number of ketones is 2. The number of hydrogen-bond donors (Lipinski definition) is 0. The van der Waals surface area contributed by atoms with Crippen molar-refractivity contribution in [2.75, 3.05) is 0 Å². The van der Waals surface area contributed by atoms with E-state index in [4.69, 9.17) is 0 Å². The van der Waals surface area contributed by atoms with Gasteiger partial charge < -0.3 is 4.90 Å². The summed E-state index contributed by atoms with van der Waals surface area (Å²) in [7, 11) is 0. The Kier molecular flexibility index (Phi) is 6.25. The van der Waals surface area contributed by atoms with Crippen LogP contribution in [-0.2, 0) is 22.7 Å². The summed E-state index contributed by atoms with van der Waals surface area (Å²) in [6.07, 6.45) is 6.33. The highest BCUT2D eigenvalue weighted by atomic mass is 16.1. The van der Waals surface area contributed by atoms with E-state index in [1.165, 1.54) is 11.1 Å². The molecule has 2 aromatic carbocycles. The Balaban J connectivity index is 1.76. The first-order valence-corrected chi connectivity index (χ1v) is 9.70. The molecular formula is C25H27NO2. The Morgan fingerprint density at radius 1 is 0.821 bits per heavy atom. The van der Waals surface area contributed by atoms with Gasteiger partial charge in [0.1, 0.15) is 0 Å². The number of hydrogen-bond acceptors (Lipinski definition) is 3. The Bertz CT molecular complexity index is 816. The van der Waals surface area contributed by atoms with Crippen LogP contribution in [0.3, 0.4) is 0 Å². The first kappa shape index (κ1) is 19.8. The molecule has 0 aromatic heterocycles. The van der Waals surface area contributed by atoms with Crippen molar-refractivity contribution in [3.63, 3.8) is 0 Å². The zero-order valence-corrected chi connectivity index (χ0v) is 16.6. The third kappa shape index (κ3) is 5.53. The minimum absolute atomic E-state index is 0.0523. The van der Waals surface area contributed by atoms with E-state index < -0.39 is 0 Å². The number of carbonyl (C=O) groups is 2. The van der Waals surface area contributed by atoms with E-state index in [0.29, 0.717) is 18.4 Å². The molecule has 3 heteroatoms. The van der Waals surface area contributed by atoms with Gasteiger partial charge in [0.15, 0.2) is 11.6 Å². The lowest BCUT2D eigenvalue weighted by molar-refractivity contribution is -0.127. The molecule has 0 atom stereocenters. The summed E-state index contributed by atoms with van der Waals surface area (Å²) in [5.41, 5.74) is 2.52. The van der Waals surface area contributed by atoms with E-state index in [-0.39, 0.29) is 17.0 Å². The van der Waals surface area contributed by atoms with Crippen LogP contribution in [0, 0.1) is 5.41 Å². The first-order valence-electron chi connectivity index (χ1n) is 9.70. The van der Waals surface area contributed by atoms with Crippen molar-refractivity contribution < 1.29 is 9.59 Å². The van der Waals surface area contributed by atoms with Crippen LogP contribution in [0.2, 0.25) is 0 Å². The molecule has 0 unspecified atom stereocenters. The standard InChI is InChI=1S/C25H27NO2/c1-25(2)16-23(27)22(24(28)17-25)14-9-15-26(18-20-10-5-3-6-11-20)19-21-12-7-4-8-13-21/h3-15H,16-19H2,1-2H3. The van der Waals surface area contributed by atoms with Crippen molar-refractivity contribution in [2.24, 2.45) is 5.41 Å². The van der Waals surface area contributed by atoms with E-state index in [9.17, 15) is 9.59 Å². The Labute approximate surface area is 167 Å². The summed E-state index contributed by atoms with van der Waals surface area (Å²) in [5, 5.41) is 0. The summed E-state index contributed by atoms with van der Waals surface area (Å²) in [6, 6.07) is 20.5. The number of Topliss-reactive ketones (excluding diaryl/α,β-unsaturated/α-hetero) is 2. The summed E-state index contributed by atoms with van der Waals surface area (Å²) >= 11 is 0. The Morgan fingerprint density at radius 2 is 1.29 bits per heavy atom. The molecule has 28 heavy (non-hydrogen) atoms. The third-order valence-electron chi connectivity index (χ3n) is 4.90. The maximum Gasteiger partial charge on any atom is 0.166 e. The van der Waals surface area contributed by atoms with Crippen LogP contribution in [-0.4, -0.2) is 16.5 Å².